The van der Waals surface area contributed by atoms with Crippen molar-refractivity contribution in [2.75, 3.05) is 5.33 Å². The SMILES string of the molecule is CC1CC(=O)NC1CCCCBr. The van der Waals surface area contributed by atoms with Crippen LogP contribution >= 0.6 is 15.9 Å². The second-order valence-corrected chi connectivity index (χ2v) is 4.33. The molecule has 0 saturated carbocycles. The Morgan fingerprint density at radius 3 is 2.83 bits per heavy atom. The lowest BCUT2D eigenvalue weighted by atomic mass is 9.98. The topological polar surface area (TPSA) is 29.1 Å². The van der Waals surface area contributed by atoms with E-state index in [0.29, 0.717) is 12.0 Å². The normalized spacial score (nSPS) is 29.0. The van der Waals surface area contributed by atoms with Crippen molar-refractivity contribution in [3.8, 4) is 0 Å². The van der Waals surface area contributed by atoms with E-state index in [1.165, 1.54) is 12.8 Å². The molecule has 1 saturated heterocycles. The molecule has 2 unspecified atom stereocenters. The standard InChI is InChI=1S/C9H16BrNO/c1-7-6-9(12)11-8(7)4-2-3-5-10/h7-8H,2-6H2,1H3,(H,11,12). The number of hydrogen-bond donors (Lipinski definition) is 1. The van der Waals surface area contributed by atoms with Gasteiger partial charge in [0.25, 0.3) is 0 Å². The van der Waals surface area contributed by atoms with E-state index in [-0.39, 0.29) is 5.91 Å². The number of amides is 1. The molecule has 1 aliphatic rings. The molecule has 0 aromatic heterocycles. The van der Waals surface area contributed by atoms with Crippen LogP contribution in [0.4, 0.5) is 0 Å². The summed E-state index contributed by atoms with van der Waals surface area (Å²) in [5.41, 5.74) is 0. The Bertz CT molecular complexity index is 161. The molecule has 70 valence electrons. The Labute approximate surface area is 82.2 Å². The van der Waals surface area contributed by atoms with Crippen LogP contribution in [-0.4, -0.2) is 17.3 Å². The molecule has 2 nitrogen and oxygen atoms in total. The lowest BCUT2D eigenvalue weighted by Gasteiger charge is -2.13. The second kappa shape index (κ2) is 4.85. The van der Waals surface area contributed by atoms with Crippen molar-refractivity contribution in [2.24, 2.45) is 5.92 Å². The number of carbonyl (C=O) groups is 1. The van der Waals surface area contributed by atoms with E-state index in [4.69, 9.17) is 0 Å². The fraction of sp³-hybridized carbons (Fsp3) is 0.889. The van der Waals surface area contributed by atoms with E-state index in [9.17, 15) is 4.79 Å². The molecular formula is C9H16BrNO. The van der Waals surface area contributed by atoms with Gasteiger partial charge in [0, 0.05) is 17.8 Å². The minimum atomic E-state index is 0.228. The maximum Gasteiger partial charge on any atom is 0.220 e. The summed E-state index contributed by atoms with van der Waals surface area (Å²) in [7, 11) is 0. The Balaban J connectivity index is 2.19. The van der Waals surface area contributed by atoms with Gasteiger partial charge < -0.3 is 5.32 Å². The minimum Gasteiger partial charge on any atom is -0.353 e. The van der Waals surface area contributed by atoms with Crippen molar-refractivity contribution in [2.45, 2.75) is 38.6 Å². The average Bonchev–Trinajstić information content (AvgIpc) is 2.31. The van der Waals surface area contributed by atoms with E-state index in [0.717, 1.165) is 18.2 Å². The van der Waals surface area contributed by atoms with Crippen molar-refractivity contribution in [3.63, 3.8) is 0 Å². The van der Waals surface area contributed by atoms with Gasteiger partial charge in [-0.25, -0.2) is 0 Å². The van der Waals surface area contributed by atoms with Crippen molar-refractivity contribution in [3.05, 3.63) is 0 Å². The quantitative estimate of drug-likeness (QED) is 0.585. The number of nitrogens with one attached hydrogen (secondary N) is 1. The first kappa shape index (κ1) is 10.0. The lowest BCUT2D eigenvalue weighted by Crippen LogP contribution is -2.27. The van der Waals surface area contributed by atoms with Gasteiger partial charge in [-0.1, -0.05) is 29.3 Å². The first-order valence-corrected chi connectivity index (χ1v) is 5.71. The molecule has 0 bridgehead atoms. The van der Waals surface area contributed by atoms with Gasteiger partial charge in [0.15, 0.2) is 0 Å². The van der Waals surface area contributed by atoms with E-state index < -0.39 is 0 Å². The van der Waals surface area contributed by atoms with Gasteiger partial charge in [-0.15, -0.1) is 0 Å². The molecule has 1 aliphatic heterocycles. The minimum absolute atomic E-state index is 0.228. The molecular weight excluding hydrogens is 218 g/mol. The largest absolute Gasteiger partial charge is 0.353 e. The number of carbonyl (C=O) groups excluding carboxylic acids is 1. The molecule has 0 spiro atoms. The van der Waals surface area contributed by atoms with Gasteiger partial charge in [0.1, 0.15) is 0 Å². The number of rotatable bonds is 4. The smallest absolute Gasteiger partial charge is 0.220 e. The monoisotopic (exact) mass is 233 g/mol. The fourth-order valence-corrected chi connectivity index (χ4v) is 2.05. The Morgan fingerprint density at radius 1 is 1.58 bits per heavy atom. The van der Waals surface area contributed by atoms with Crippen molar-refractivity contribution in [1.82, 2.24) is 5.32 Å². The Kier molecular flexibility index (Phi) is 4.06. The van der Waals surface area contributed by atoms with Crippen LogP contribution in [0.3, 0.4) is 0 Å². The third-order valence-corrected chi connectivity index (χ3v) is 3.00. The summed E-state index contributed by atoms with van der Waals surface area (Å²) in [6.45, 7) is 2.15. The third-order valence-electron chi connectivity index (χ3n) is 2.44. The van der Waals surface area contributed by atoms with Gasteiger partial charge in [-0.3, -0.25) is 4.79 Å². The van der Waals surface area contributed by atoms with Crippen LogP contribution in [0.25, 0.3) is 0 Å². The zero-order valence-corrected chi connectivity index (χ0v) is 9.06. The number of halogens is 1. The fourth-order valence-electron chi connectivity index (χ4n) is 1.66. The third kappa shape index (κ3) is 2.77. The van der Waals surface area contributed by atoms with Crippen LogP contribution in [0.5, 0.6) is 0 Å². The first-order valence-electron chi connectivity index (χ1n) is 4.59. The molecule has 0 aromatic rings. The molecule has 2 atom stereocenters. The van der Waals surface area contributed by atoms with Crippen LogP contribution in [-0.2, 0) is 4.79 Å². The summed E-state index contributed by atoms with van der Waals surface area (Å²) >= 11 is 3.40. The highest BCUT2D eigenvalue weighted by molar-refractivity contribution is 9.09. The van der Waals surface area contributed by atoms with Gasteiger partial charge in [-0.2, -0.15) is 0 Å². The summed E-state index contributed by atoms with van der Waals surface area (Å²) in [4.78, 5) is 11.0. The lowest BCUT2D eigenvalue weighted by molar-refractivity contribution is -0.119. The predicted octanol–water partition coefficient (Wildman–Crippen LogP) is 2.08. The molecule has 1 heterocycles. The van der Waals surface area contributed by atoms with E-state index in [2.05, 4.69) is 28.2 Å². The van der Waals surface area contributed by atoms with Crippen molar-refractivity contribution in [1.29, 1.82) is 0 Å². The number of unbranched alkanes of at least 4 members (excludes halogenated alkanes) is 1. The summed E-state index contributed by atoms with van der Waals surface area (Å²) in [6.07, 6.45) is 4.27. The zero-order valence-electron chi connectivity index (χ0n) is 7.48. The molecule has 1 amide bonds. The highest BCUT2D eigenvalue weighted by Gasteiger charge is 2.27. The molecule has 1 fully saturated rings. The van der Waals surface area contributed by atoms with Gasteiger partial charge in [0.2, 0.25) is 5.91 Å². The highest BCUT2D eigenvalue weighted by Crippen LogP contribution is 2.20. The van der Waals surface area contributed by atoms with E-state index in [1.807, 2.05) is 0 Å². The molecule has 0 aliphatic carbocycles. The van der Waals surface area contributed by atoms with Crippen LogP contribution in [0.2, 0.25) is 0 Å². The van der Waals surface area contributed by atoms with Gasteiger partial charge in [-0.05, 0) is 18.8 Å². The van der Waals surface area contributed by atoms with Gasteiger partial charge >= 0.3 is 0 Å². The summed E-state index contributed by atoms with van der Waals surface area (Å²) in [5.74, 6) is 0.763. The zero-order chi connectivity index (χ0) is 8.97. The Hall–Kier alpha value is -0.0500. The summed E-state index contributed by atoms with van der Waals surface area (Å²) in [5, 5.41) is 4.08. The predicted molar refractivity (Wildman–Crippen MR) is 53.4 cm³/mol. The maximum absolute atomic E-state index is 11.0. The average molecular weight is 234 g/mol. The van der Waals surface area contributed by atoms with Crippen molar-refractivity contribution >= 4 is 21.8 Å². The molecule has 12 heavy (non-hydrogen) atoms. The molecule has 0 aromatic carbocycles. The van der Waals surface area contributed by atoms with Crippen LogP contribution in [0.15, 0.2) is 0 Å². The highest BCUT2D eigenvalue weighted by atomic mass is 79.9. The van der Waals surface area contributed by atoms with E-state index in [1.54, 1.807) is 0 Å². The second-order valence-electron chi connectivity index (χ2n) is 3.54. The maximum atomic E-state index is 11.0. The van der Waals surface area contributed by atoms with Crippen LogP contribution in [0, 0.1) is 5.92 Å². The summed E-state index contributed by atoms with van der Waals surface area (Å²) < 4.78 is 0. The number of hydrogen-bond acceptors (Lipinski definition) is 1. The molecule has 0 radical (unpaired) electrons. The summed E-state index contributed by atoms with van der Waals surface area (Å²) in [6, 6.07) is 0.441. The molecule has 1 rings (SSSR count). The van der Waals surface area contributed by atoms with E-state index >= 15 is 0 Å². The van der Waals surface area contributed by atoms with Crippen LogP contribution < -0.4 is 5.32 Å². The first-order chi connectivity index (χ1) is 5.74. The van der Waals surface area contributed by atoms with Crippen LogP contribution in [0.1, 0.15) is 32.6 Å². The number of alkyl halides is 1. The van der Waals surface area contributed by atoms with Gasteiger partial charge in [0.05, 0.1) is 0 Å². The van der Waals surface area contributed by atoms with Crippen molar-refractivity contribution < 1.29 is 4.79 Å². The molecule has 1 N–H and O–H groups in total. The molecule has 3 heteroatoms. The Morgan fingerprint density at radius 2 is 2.33 bits per heavy atom.